The van der Waals surface area contributed by atoms with Gasteiger partial charge < -0.3 is 4.52 Å². The fraction of sp³-hybridized carbons (Fsp3) is 0.0455. The summed E-state index contributed by atoms with van der Waals surface area (Å²) >= 11 is 0. The van der Waals surface area contributed by atoms with Gasteiger partial charge in [0.25, 0.3) is 0 Å². The van der Waals surface area contributed by atoms with Crippen LogP contribution in [0.1, 0.15) is 5.69 Å². The first-order valence-electron chi connectivity index (χ1n) is 8.79. The zero-order chi connectivity index (χ0) is 19.4. The molecule has 0 atom stereocenters. The minimum Gasteiger partial charge on any atom is -0.356 e. The Bertz CT molecular complexity index is 1170. The van der Waals surface area contributed by atoms with Crippen molar-refractivity contribution >= 4 is 10.0 Å². The van der Waals surface area contributed by atoms with Crippen molar-refractivity contribution in [3.05, 3.63) is 96.7 Å². The highest BCUT2D eigenvalue weighted by Crippen LogP contribution is 2.27. The number of rotatable bonds is 6. The smallest absolute Gasteiger partial charge is 0.241 e. The van der Waals surface area contributed by atoms with Crippen LogP contribution in [0.2, 0.25) is 0 Å². The Balaban J connectivity index is 1.56. The maximum atomic E-state index is 12.9. The van der Waals surface area contributed by atoms with E-state index in [0.29, 0.717) is 17.0 Å². The van der Waals surface area contributed by atoms with Crippen LogP contribution in [0.4, 0.5) is 0 Å². The lowest BCUT2D eigenvalue weighted by Crippen LogP contribution is -2.24. The van der Waals surface area contributed by atoms with E-state index in [2.05, 4.69) is 9.88 Å². The van der Waals surface area contributed by atoms with E-state index < -0.39 is 10.0 Å². The van der Waals surface area contributed by atoms with Gasteiger partial charge in [0.1, 0.15) is 0 Å². The normalized spacial score (nSPS) is 11.4. The van der Waals surface area contributed by atoms with E-state index >= 15 is 0 Å². The summed E-state index contributed by atoms with van der Waals surface area (Å²) in [6, 6.07) is 27.6. The third-order valence-corrected chi connectivity index (χ3v) is 5.78. The lowest BCUT2D eigenvalue weighted by Gasteiger charge is -2.11. The number of hydrogen-bond acceptors (Lipinski definition) is 4. The highest BCUT2D eigenvalue weighted by Gasteiger charge is 2.19. The Hall–Kier alpha value is -3.22. The summed E-state index contributed by atoms with van der Waals surface area (Å²) in [5.41, 5.74) is 2.90. The number of aromatic nitrogens is 1. The van der Waals surface area contributed by atoms with Crippen LogP contribution in [-0.4, -0.2) is 13.6 Å². The van der Waals surface area contributed by atoms with Crippen LogP contribution in [0, 0.1) is 0 Å². The lowest BCUT2D eigenvalue weighted by atomic mass is 10.1. The van der Waals surface area contributed by atoms with Crippen molar-refractivity contribution in [3.63, 3.8) is 0 Å². The summed E-state index contributed by atoms with van der Waals surface area (Å²) in [4.78, 5) is 0.230. The first-order valence-corrected chi connectivity index (χ1v) is 10.3. The molecule has 0 saturated heterocycles. The van der Waals surface area contributed by atoms with Gasteiger partial charge in [-0.1, -0.05) is 84.0 Å². The SMILES string of the molecule is O=S(=O)(NCc1cc(-c2ccccc2)on1)c1ccccc1-c1ccccc1. The largest absolute Gasteiger partial charge is 0.356 e. The zero-order valence-corrected chi connectivity index (χ0v) is 15.8. The summed E-state index contributed by atoms with van der Waals surface area (Å²) in [6.07, 6.45) is 0. The van der Waals surface area contributed by atoms with Crippen LogP contribution in [0.15, 0.2) is 100 Å². The molecule has 0 amide bonds. The van der Waals surface area contributed by atoms with Crippen molar-refractivity contribution in [2.45, 2.75) is 11.4 Å². The van der Waals surface area contributed by atoms with E-state index in [-0.39, 0.29) is 11.4 Å². The van der Waals surface area contributed by atoms with Gasteiger partial charge in [-0.05, 0) is 11.6 Å². The molecule has 5 nitrogen and oxygen atoms in total. The molecule has 1 heterocycles. The fourth-order valence-corrected chi connectivity index (χ4v) is 4.16. The van der Waals surface area contributed by atoms with E-state index in [0.717, 1.165) is 11.1 Å². The van der Waals surface area contributed by atoms with Crippen LogP contribution in [0.5, 0.6) is 0 Å². The van der Waals surface area contributed by atoms with Crippen LogP contribution < -0.4 is 4.72 Å². The van der Waals surface area contributed by atoms with Crippen molar-refractivity contribution in [2.24, 2.45) is 0 Å². The number of nitrogens with one attached hydrogen (secondary N) is 1. The molecule has 1 aromatic heterocycles. The first kappa shape index (κ1) is 18.2. The van der Waals surface area contributed by atoms with Gasteiger partial charge in [-0.15, -0.1) is 0 Å². The Labute approximate surface area is 163 Å². The molecule has 28 heavy (non-hydrogen) atoms. The monoisotopic (exact) mass is 390 g/mol. The molecule has 4 rings (SSSR count). The lowest BCUT2D eigenvalue weighted by molar-refractivity contribution is 0.422. The van der Waals surface area contributed by atoms with Gasteiger partial charge in [0, 0.05) is 17.2 Å². The van der Waals surface area contributed by atoms with Crippen LogP contribution in [-0.2, 0) is 16.6 Å². The van der Waals surface area contributed by atoms with Crippen molar-refractivity contribution in [1.29, 1.82) is 0 Å². The van der Waals surface area contributed by atoms with E-state index in [1.165, 1.54) is 0 Å². The average Bonchev–Trinajstić information content (AvgIpc) is 3.23. The Morgan fingerprint density at radius 3 is 2.11 bits per heavy atom. The third kappa shape index (κ3) is 3.88. The minimum absolute atomic E-state index is 0.0434. The zero-order valence-electron chi connectivity index (χ0n) is 14.9. The molecule has 0 aliphatic rings. The molecule has 0 unspecified atom stereocenters. The molecule has 0 spiro atoms. The summed E-state index contributed by atoms with van der Waals surface area (Å²) in [6.45, 7) is 0.0434. The third-order valence-electron chi connectivity index (χ3n) is 4.32. The summed E-state index contributed by atoms with van der Waals surface area (Å²) in [5.74, 6) is 0.597. The van der Waals surface area contributed by atoms with Crippen LogP contribution >= 0.6 is 0 Å². The Morgan fingerprint density at radius 1 is 0.786 bits per heavy atom. The molecule has 4 aromatic rings. The number of sulfonamides is 1. The molecular formula is C22H18N2O3S. The van der Waals surface area contributed by atoms with Gasteiger partial charge in [0.2, 0.25) is 10.0 Å². The Morgan fingerprint density at radius 2 is 1.39 bits per heavy atom. The number of benzene rings is 3. The molecule has 0 saturated carbocycles. The standard InChI is InChI=1S/C22H18N2O3S/c25-28(26,22-14-8-7-13-20(22)17-9-3-1-4-10-17)23-16-19-15-21(27-24-19)18-11-5-2-6-12-18/h1-15,23H,16H2. The molecule has 1 N–H and O–H groups in total. The van der Waals surface area contributed by atoms with Crippen molar-refractivity contribution < 1.29 is 12.9 Å². The maximum absolute atomic E-state index is 12.9. The predicted molar refractivity (Wildman–Crippen MR) is 108 cm³/mol. The molecule has 0 bridgehead atoms. The van der Waals surface area contributed by atoms with E-state index in [1.807, 2.05) is 66.7 Å². The van der Waals surface area contributed by atoms with Gasteiger partial charge in [0.05, 0.1) is 17.1 Å². The second-order valence-corrected chi connectivity index (χ2v) is 7.97. The van der Waals surface area contributed by atoms with Gasteiger partial charge in [0.15, 0.2) is 5.76 Å². The molecule has 0 radical (unpaired) electrons. The Kier molecular flexibility index (Phi) is 5.06. The van der Waals surface area contributed by atoms with Gasteiger partial charge >= 0.3 is 0 Å². The highest BCUT2D eigenvalue weighted by molar-refractivity contribution is 7.89. The molecule has 0 fully saturated rings. The number of hydrogen-bond donors (Lipinski definition) is 1. The van der Waals surface area contributed by atoms with Crippen LogP contribution in [0.25, 0.3) is 22.5 Å². The van der Waals surface area contributed by atoms with Gasteiger partial charge in [-0.25, -0.2) is 13.1 Å². The minimum atomic E-state index is -3.72. The van der Waals surface area contributed by atoms with Crippen molar-refractivity contribution in [2.75, 3.05) is 0 Å². The summed E-state index contributed by atoms with van der Waals surface area (Å²) in [7, 11) is -3.72. The molecular weight excluding hydrogens is 372 g/mol. The second kappa shape index (κ2) is 7.80. The fourth-order valence-electron chi connectivity index (χ4n) is 2.94. The molecule has 140 valence electrons. The van der Waals surface area contributed by atoms with Crippen molar-refractivity contribution in [3.8, 4) is 22.5 Å². The van der Waals surface area contributed by atoms with E-state index in [4.69, 9.17) is 4.52 Å². The molecule has 3 aromatic carbocycles. The molecule has 6 heteroatoms. The maximum Gasteiger partial charge on any atom is 0.241 e. The van der Waals surface area contributed by atoms with E-state index in [9.17, 15) is 8.42 Å². The predicted octanol–water partition coefficient (Wildman–Crippen LogP) is 4.49. The van der Waals surface area contributed by atoms with Crippen LogP contribution in [0.3, 0.4) is 0 Å². The molecule has 0 aliphatic carbocycles. The second-order valence-electron chi connectivity index (χ2n) is 6.24. The van der Waals surface area contributed by atoms with Crippen molar-refractivity contribution in [1.82, 2.24) is 9.88 Å². The average molecular weight is 390 g/mol. The quantitative estimate of drug-likeness (QED) is 0.527. The van der Waals surface area contributed by atoms with Gasteiger partial charge in [-0.2, -0.15) is 0 Å². The van der Waals surface area contributed by atoms with Gasteiger partial charge in [-0.3, -0.25) is 0 Å². The summed E-state index contributed by atoms with van der Waals surface area (Å²) < 4.78 is 33.8. The first-order chi connectivity index (χ1) is 13.6. The van der Waals surface area contributed by atoms with E-state index in [1.54, 1.807) is 24.3 Å². The highest BCUT2D eigenvalue weighted by atomic mass is 32.2. The topological polar surface area (TPSA) is 72.2 Å². The number of nitrogens with zero attached hydrogens (tertiary/aromatic N) is 1. The molecule has 0 aliphatic heterocycles. The summed E-state index contributed by atoms with van der Waals surface area (Å²) in [5, 5.41) is 3.97.